The monoisotopic (exact) mass is 493 g/mol. The van der Waals surface area contributed by atoms with Gasteiger partial charge in [0.25, 0.3) is 0 Å². The van der Waals surface area contributed by atoms with Crippen molar-refractivity contribution in [1.29, 1.82) is 0 Å². The Bertz CT molecular complexity index is 1720. The average Bonchev–Trinajstić information content (AvgIpc) is 3.52. The second kappa shape index (κ2) is 9.44. The van der Waals surface area contributed by atoms with Crippen molar-refractivity contribution in [3.63, 3.8) is 0 Å². The van der Waals surface area contributed by atoms with Gasteiger partial charge in [0.05, 0.1) is 41.0 Å². The molecule has 0 bridgehead atoms. The highest BCUT2D eigenvalue weighted by Gasteiger charge is 2.16. The lowest BCUT2D eigenvalue weighted by Gasteiger charge is -2.11. The molecule has 5 aromatic heterocycles. The van der Waals surface area contributed by atoms with Crippen molar-refractivity contribution in [2.45, 2.75) is 0 Å². The fourth-order valence-corrected chi connectivity index (χ4v) is 4.34. The van der Waals surface area contributed by atoms with Crippen molar-refractivity contribution in [3.8, 4) is 39.5 Å². The number of hydrogen-bond donors (Lipinski definition) is 2. The van der Waals surface area contributed by atoms with E-state index in [1.807, 2.05) is 38.4 Å². The molecule has 0 radical (unpaired) electrons. The summed E-state index contributed by atoms with van der Waals surface area (Å²) in [5.74, 6) is 0.402. The van der Waals surface area contributed by atoms with E-state index in [-0.39, 0.29) is 5.82 Å². The number of pyridine rings is 3. The van der Waals surface area contributed by atoms with Crippen LogP contribution in [0.25, 0.3) is 55.6 Å². The maximum atomic E-state index is 14.6. The largest absolute Gasteiger partial charge is 0.491 e. The van der Waals surface area contributed by atoms with Crippen molar-refractivity contribution >= 4 is 21.8 Å². The number of ether oxygens (including phenoxy) is 1. The predicted molar refractivity (Wildman–Crippen MR) is 142 cm³/mol. The molecule has 0 aliphatic rings. The summed E-state index contributed by atoms with van der Waals surface area (Å²) >= 11 is 0. The zero-order chi connectivity index (χ0) is 25.4. The van der Waals surface area contributed by atoms with Crippen molar-refractivity contribution in [3.05, 3.63) is 79.3 Å². The van der Waals surface area contributed by atoms with Gasteiger partial charge in [-0.1, -0.05) is 18.2 Å². The summed E-state index contributed by atoms with van der Waals surface area (Å²) in [7, 11) is 4.01. The number of aromatic nitrogens is 6. The number of halogens is 1. The molecule has 1 aromatic carbocycles. The third-order valence-corrected chi connectivity index (χ3v) is 6.23. The number of likely N-dealkylation sites (N-methyl/N-ethyl adjacent to an activating group) is 1. The Morgan fingerprint density at radius 3 is 2.62 bits per heavy atom. The molecule has 0 atom stereocenters. The van der Waals surface area contributed by atoms with Gasteiger partial charge >= 0.3 is 0 Å². The van der Waals surface area contributed by atoms with Crippen LogP contribution in [-0.4, -0.2) is 62.3 Å². The molecule has 9 heteroatoms. The van der Waals surface area contributed by atoms with Crippen LogP contribution >= 0.6 is 0 Å². The van der Waals surface area contributed by atoms with E-state index >= 15 is 0 Å². The smallest absolute Gasteiger partial charge is 0.138 e. The molecule has 0 saturated heterocycles. The number of benzene rings is 1. The quantitative estimate of drug-likeness (QED) is 0.313. The van der Waals surface area contributed by atoms with E-state index in [2.05, 4.69) is 35.0 Å². The number of H-pyrrole nitrogens is 2. The Balaban J connectivity index is 1.39. The molecule has 0 amide bonds. The lowest BCUT2D eigenvalue weighted by molar-refractivity contribution is 0.261. The first-order valence-electron chi connectivity index (χ1n) is 11.9. The number of nitrogens with zero attached hydrogens (tertiary/aromatic N) is 5. The molecule has 37 heavy (non-hydrogen) atoms. The molecular formula is C28H24FN7O. The highest BCUT2D eigenvalue weighted by Crippen LogP contribution is 2.35. The number of nitrogens with one attached hydrogen (secondary N) is 2. The van der Waals surface area contributed by atoms with Gasteiger partial charge in [0.1, 0.15) is 23.9 Å². The summed E-state index contributed by atoms with van der Waals surface area (Å²) in [6.07, 6.45) is 8.65. The van der Waals surface area contributed by atoms with Crippen molar-refractivity contribution in [1.82, 2.24) is 35.0 Å². The SMILES string of the molecule is CN(C)CCOc1cncc(-c2cc3c(-c4cc5c(-c6ccccc6F)cncc5[nH]4)n[nH]c3cn2)c1. The van der Waals surface area contributed by atoms with Crippen molar-refractivity contribution in [2.24, 2.45) is 0 Å². The van der Waals surface area contributed by atoms with Crippen LogP contribution in [0.2, 0.25) is 0 Å². The van der Waals surface area contributed by atoms with Gasteiger partial charge < -0.3 is 14.6 Å². The molecule has 184 valence electrons. The van der Waals surface area contributed by atoms with E-state index in [1.54, 1.807) is 43.1 Å². The molecule has 2 N–H and O–H groups in total. The van der Waals surface area contributed by atoms with Gasteiger partial charge in [-0.3, -0.25) is 20.1 Å². The Hall–Kier alpha value is -4.63. The fourth-order valence-electron chi connectivity index (χ4n) is 4.34. The van der Waals surface area contributed by atoms with Gasteiger partial charge in [0, 0.05) is 46.4 Å². The van der Waals surface area contributed by atoms with Crippen LogP contribution in [-0.2, 0) is 0 Å². The maximum Gasteiger partial charge on any atom is 0.138 e. The molecule has 0 aliphatic heterocycles. The number of rotatable bonds is 7. The van der Waals surface area contributed by atoms with Crippen LogP contribution in [0.15, 0.2) is 73.4 Å². The first-order valence-corrected chi connectivity index (χ1v) is 11.9. The molecule has 0 saturated carbocycles. The zero-order valence-electron chi connectivity index (χ0n) is 20.4. The van der Waals surface area contributed by atoms with Gasteiger partial charge in [0.2, 0.25) is 0 Å². The minimum Gasteiger partial charge on any atom is -0.491 e. The standard InChI is InChI=1S/C28H24FN7O/c1-36(2)7-8-37-18-9-17(12-30-13-18)24-11-21-27(16-32-24)34-35-28(21)25-10-20-22(14-31-15-26(20)33-25)19-5-3-4-6-23(19)29/h3-6,9-16,33H,7-8H2,1-2H3,(H,34,35). The third kappa shape index (κ3) is 4.41. The zero-order valence-corrected chi connectivity index (χ0v) is 20.4. The molecule has 0 aliphatic carbocycles. The molecule has 6 aromatic rings. The van der Waals surface area contributed by atoms with Crippen LogP contribution in [0.5, 0.6) is 5.75 Å². The summed E-state index contributed by atoms with van der Waals surface area (Å²) in [6.45, 7) is 1.38. The topological polar surface area (TPSA) is 95.6 Å². The second-order valence-corrected chi connectivity index (χ2v) is 9.06. The van der Waals surface area contributed by atoms with Crippen LogP contribution < -0.4 is 4.74 Å². The average molecular weight is 494 g/mol. The number of aromatic amines is 2. The summed E-state index contributed by atoms with van der Waals surface area (Å²) in [5.41, 5.74) is 5.96. The number of fused-ring (bicyclic) bond motifs is 2. The molecule has 0 fully saturated rings. The first-order chi connectivity index (χ1) is 18.1. The Morgan fingerprint density at radius 2 is 1.76 bits per heavy atom. The minimum atomic E-state index is -0.290. The molecule has 6 rings (SSSR count). The summed E-state index contributed by atoms with van der Waals surface area (Å²) in [6, 6.07) is 12.6. The molecule has 0 unspecified atom stereocenters. The molecule has 0 spiro atoms. The van der Waals surface area contributed by atoms with Crippen molar-refractivity contribution in [2.75, 3.05) is 27.2 Å². The highest BCUT2D eigenvalue weighted by molar-refractivity contribution is 6.01. The Morgan fingerprint density at radius 1 is 0.892 bits per heavy atom. The lowest BCUT2D eigenvalue weighted by Crippen LogP contribution is -2.19. The van der Waals surface area contributed by atoms with Gasteiger partial charge in [-0.2, -0.15) is 5.10 Å². The fraction of sp³-hybridized carbons (Fsp3) is 0.143. The summed E-state index contributed by atoms with van der Waals surface area (Å²) < 4.78 is 20.4. The number of hydrogen-bond acceptors (Lipinski definition) is 6. The third-order valence-electron chi connectivity index (χ3n) is 6.23. The van der Waals surface area contributed by atoms with Gasteiger partial charge in [-0.05, 0) is 38.4 Å². The highest BCUT2D eigenvalue weighted by atomic mass is 19.1. The Labute approximate surface area is 212 Å². The van der Waals surface area contributed by atoms with E-state index in [1.165, 1.54) is 6.07 Å². The van der Waals surface area contributed by atoms with Gasteiger partial charge in [-0.25, -0.2) is 4.39 Å². The van der Waals surface area contributed by atoms with E-state index in [4.69, 9.17) is 4.74 Å². The van der Waals surface area contributed by atoms with E-state index in [0.717, 1.165) is 56.6 Å². The molecule has 8 nitrogen and oxygen atoms in total. The van der Waals surface area contributed by atoms with Crippen LogP contribution in [0.1, 0.15) is 0 Å². The summed E-state index contributed by atoms with van der Waals surface area (Å²) in [4.78, 5) is 18.7. The molecule has 5 heterocycles. The molecular weight excluding hydrogens is 469 g/mol. The predicted octanol–water partition coefficient (Wildman–Crippen LogP) is 5.31. The van der Waals surface area contributed by atoms with E-state index in [9.17, 15) is 4.39 Å². The van der Waals surface area contributed by atoms with Crippen LogP contribution in [0.3, 0.4) is 0 Å². The van der Waals surface area contributed by atoms with E-state index in [0.29, 0.717) is 17.9 Å². The second-order valence-electron chi connectivity index (χ2n) is 9.06. The summed E-state index contributed by atoms with van der Waals surface area (Å²) in [5, 5.41) is 9.38. The maximum absolute atomic E-state index is 14.6. The van der Waals surface area contributed by atoms with Crippen LogP contribution in [0, 0.1) is 5.82 Å². The van der Waals surface area contributed by atoms with Gasteiger partial charge in [-0.15, -0.1) is 0 Å². The lowest BCUT2D eigenvalue weighted by atomic mass is 10.0. The Kier molecular flexibility index (Phi) is 5.82. The minimum absolute atomic E-state index is 0.290. The normalized spacial score (nSPS) is 11.6. The van der Waals surface area contributed by atoms with E-state index < -0.39 is 0 Å². The van der Waals surface area contributed by atoms with Crippen molar-refractivity contribution < 1.29 is 9.13 Å². The van der Waals surface area contributed by atoms with Crippen LogP contribution in [0.4, 0.5) is 4.39 Å². The van der Waals surface area contributed by atoms with Gasteiger partial charge in [0.15, 0.2) is 0 Å². The first kappa shape index (κ1) is 22.8.